The predicted octanol–water partition coefficient (Wildman–Crippen LogP) is 2.09. The van der Waals surface area contributed by atoms with Gasteiger partial charge in [-0.15, -0.1) is 0 Å². The Morgan fingerprint density at radius 2 is 1.96 bits per heavy atom. The number of hydrazine groups is 1. The van der Waals surface area contributed by atoms with Gasteiger partial charge in [0.1, 0.15) is 12.5 Å². The monoisotopic (exact) mass is 405 g/mol. The Morgan fingerprint density at radius 3 is 2.60 bits per heavy atom. The molecule has 1 aromatic rings. The molecule has 3 aliphatic rings. The highest BCUT2D eigenvalue weighted by Gasteiger charge is 2.40. The lowest BCUT2D eigenvalue weighted by Gasteiger charge is -2.38. The third kappa shape index (κ3) is 2.99. The van der Waals surface area contributed by atoms with Gasteiger partial charge < -0.3 is 5.32 Å². The molecule has 0 aromatic heterocycles. The zero-order valence-corrected chi connectivity index (χ0v) is 16.4. The molecule has 6 nitrogen and oxygen atoms in total. The molecule has 134 valence electrons. The molecule has 7 heteroatoms. The van der Waals surface area contributed by atoms with Crippen molar-refractivity contribution in [3.8, 4) is 0 Å². The summed E-state index contributed by atoms with van der Waals surface area (Å²) in [5.41, 5.74) is 7.56. The Kier molecular flexibility index (Phi) is 4.35. The van der Waals surface area contributed by atoms with Crippen LogP contribution in [0.25, 0.3) is 0 Å². The van der Waals surface area contributed by atoms with E-state index >= 15 is 0 Å². The third-order valence-corrected chi connectivity index (χ3v) is 5.79. The van der Waals surface area contributed by atoms with Gasteiger partial charge in [0.15, 0.2) is 0 Å². The van der Waals surface area contributed by atoms with Crippen molar-refractivity contribution in [3.05, 3.63) is 39.5 Å². The summed E-state index contributed by atoms with van der Waals surface area (Å²) >= 11 is 3.54. The van der Waals surface area contributed by atoms with Gasteiger partial charge in [-0.2, -0.15) is 0 Å². The van der Waals surface area contributed by atoms with Crippen molar-refractivity contribution in [3.63, 3.8) is 0 Å². The molecule has 3 heterocycles. The van der Waals surface area contributed by atoms with Gasteiger partial charge >= 0.3 is 0 Å². The van der Waals surface area contributed by atoms with E-state index in [-0.39, 0.29) is 18.4 Å². The van der Waals surface area contributed by atoms with Gasteiger partial charge in [-0.05, 0) is 56.9 Å². The van der Waals surface area contributed by atoms with Crippen molar-refractivity contribution in [1.29, 1.82) is 0 Å². The smallest absolute Gasteiger partial charge is 0.254 e. The number of benzene rings is 1. The second-order valence-corrected chi connectivity index (χ2v) is 8.09. The van der Waals surface area contributed by atoms with Gasteiger partial charge in [0.2, 0.25) is 0 Å². The number of fused-ring (bicyclic) bond motifs is 1. The van der Waals surface area contributed by atoms with Crippen LogP contribution in [0.5, 0.6) is 0 Å². The van der Waals surface area contributed by atoms with Crippen molar-refractivity contribution in [1.82, 2.24) is 21.0 Å². The standard InChI is InChI=1S/C18H24BrN5O/c1-10-7-13(19)8-11(2)15(10)24-9-14-16(22-24)20-18(21-17(14)25)23-6-4-5-12(23)3/h7-9,12,16,18,20,22H,4-6H2,1-3H3,(H,21,25)/t12-,16?,18?/m1/s1. The zero-order valence-electron chi connectivity index (χ0n) is 14.8. The minimum absolute atomic E-state index is 0.00438. The number of hydrogen-bond donors (Lipinski definition) is 3. The van der Waals surface area contributed by atoms with E-state index in [4.69, 9.17) is 0 Å². The Bertz CT molecular complexity index is 726. The molecule has 1 aromatic carbocycles. The lowest BCUT2D eigenvalue weighted by atomic mass is 10.1. The normalized spacial score (nSPS) is 29.6. The molecule has 4 rings (SSSR count). The maximum atomic E-state index is 12.6. The fourth-order valence-corrected chi connectivity index (χ4v) is 4.80. The molecule has 3 aliphatic heterocycles. The van der Waals surface area contributed by atoms with E-state index in [2.05, 4.69) is 69.8 Å². The number of carbonyl (C=O) groups excluding carboxylic acids is 1. The Hall–Kier alpha value is -1.41. The quantitative estimate of drug-likeness (QED) is 0.702. The van der Waals surface area contributed by atoms with Crippen LogP contribution in [-0.4, -0.2) is 35.8 Å². The van der Waals surface area contributed by atoms with Gasteiger partial charge in [-0.1, -0.05) is 15.9 Å². The summed E-state index contributed by atoms with van der Waals surface area (Å²) < 4.78 is 1.06. The van der Waals surface area contributed by atoms with E-state index in [0.717, 1.165) is 33.4 Å². The zero-order chi connectivity index (χ0) is 17.7. The molecule has 0 aliphatic carbocycles. The first-order valence-electron chi connectivity index (χ1n) is 8.80. The summed E-state index contributed by atoms with van der Waals surface area (Å²) in [5, 5.41) is 8.61. The van der Waals surface area contributed by atoms with Crippen molar-refractivity contribution in [2.24, 2.45) is 0 Å². The van der Waals surface area contributed by atoms with E-state index < -0.39 is 0 Å². The summed E-state index contributed by atoms with van der Waals surface area (Å²) in [5.74, 6) is -0.00438. The van der Waals surface area contributed by atoms with Crippen LogP contribution >= 0.6 is 15.9 Å². The van der Waals surface area contributed by atoms with Gasteiger partial charge in [-0.3, -0.25) is 20.0 Å². The van der Waals surface area contributed by atoms with Crippen LogP contribution in [-0.2, 0) is 4.79 Å². The topological polar surface area (TPSA) is 59.6 Å². The van der Waals surface area contributed by atoms with Crippen LogP contribution in [0.15, 0.2) is 28.4 Å². The van der Waals surface area contributed by atoms with Crippen LogP contribution in [0.1, 0.15) is 30.9 Å². The van der Waals surface area contributed by atoms with Gasteiger partial charge in [0.25, 0.3) is 5.91 Å². The number of nitrogens with zero attached hydrogens (tertiary/aromatic N) is 2. The molecule has 0 saturated carbocycles. The largest absolute Gasteiger partial charge is 0.324 e. The first-order valence-corrected chi connectivity index (χ1v) is 9.60. The van der Waals surface area contributed by atoms with Crippen molar-refractivity contribution in [2.45, 2.75) is 52.1 Å². The summed E-state index contributed by atoms with van der Waals surface area (Å²) in [7, 11) is 0. The Morgan fingerprint density at radius 1 is 1.24 bits per heavy atom. The molecule has 2 unspecified atom stereocenters. The Labute approximate surface area is 156 Å². The fourth-order valence-electron chi connectivity index (χ4n) is 4.11. The number of amides is 1. The highest BCUT2D eigenvalue weighted by Crippen LogP contribution is 2.31. The van der Waals surface area contributed by atoms with Crippen LogP contribution in [0.3, 0.4) is 0 Å². The number of aryl methyl sites for hydroxylation is 2. The molecule has 1 amide bonds. The number of carbonyl (C=O) groups is 1. The molecular formula is C18H24BrN5O. The number of nitrogens with one attached hydrogen (secondary N) is 3. The van der Waals surface area contributed by atoms with E-state index in [9.17, 15) is 4.79 Å². The lowest BCUT2D eigenvalue weighted by molar-refractivity contribution is -0.122. The molecule has 2 fully saturated rings. The maximum Gasteiger partial charge on any atom is 0.254 e. The minimum Gasteiger partial charge on any atom is -0.324 e. The third-order valence-electron chi connectivity index (χ3n) is 5.33. The molecular weight excluding hydrogens is 382 g/mol. The van der Waals surface area contributed by atoms with E-state index in [1.165, 1.54) is 12.8 Å². The minimum atomic E-state index is -0.172. The molecule has 0 spiro atoms. The van der Waals surface area contributed by atoms with E-state index in [1.807, 2.05) is 11.2 Å². The summed E-state index contributed by atoms with van der Waals surface area (Å²) in [6.07, 6.45) is 3.97. The average molecular weight is 406 g/mol. The molecule has 0 bridgehead atoms. The van der Waals surface area contributed by atoms with Crippen molar-refractivity contribution < 1.29 is 4.79 Å². The summed E-state index contributed by atoms with van der Waals surface area (Å²) in [6.45, 7) is 7.39. The summed E-state index contributed by atoms with van der Waals surface area (Å²) in [4.78, 5) is 15.0. The molecule has 3 atom stereocenters. The first-order chi connectivity index (χ1) is 11.9. The van der Waals surface area contributed by atoms with Crippen LogP contribution in [0.2, 0.25) is 0 Å². The maximum absolute atomic E-state index is 12.6. The van der Waals surface area contributed by atoms with Crippen LogP contribution in [0, 0.1) is 13.8 Å². The number of rotatable bonds is 2. The molecule has 2 saturated heterocycles. The molecule has 3 N–H and O–H groups in total. The fraction of sp³-hybridized carbons (Fsp3) is 0.500. The predicted molar refractivity (Wildman–Crippen MR) is 102 cm³/mol. The highest BCUT2D eigenvalue weighted by molar-refractivity contribution is 9.10. The molecule has 25 heavy (non-hydrogen) atoms. The average Bonchev–Trinajstić information content (AvgIpc) is 3.12. The SMILES string of the molecule is Cc1cc(Br)cc(C)c1N1C=C2C(=O)NC(N3CCC[C@H]3C)NC2N1. The highest BCUT2D eigenvalue weighted by atomic mass is 79.9. The van der Waals surface area contributed by atoms with E-state index in [0.29, 0.717) is 6.04 Å². The summed E-state index contributed by atoms with van der Waals surface area (Å²) in [6, 6.07) is 4.66. The number of halogens is 1. The second kappa shape index (κ2) is 6.39. The Balaban J connectivity index is 1.58. The van der Waals surface area contributed by atoms with Crippen LogP contribution < -0.4 is 21.1 Å². The van der Waals surface area contributed by atoms with Gasteiger partial charge in [-0.25, -0.2) is 5.43 Å². The van der Waals surface area contributed by atoms with Crippen molar-refractivity contribution >= 4 is 27.5 Å². The number of likely N-dealkylation sites (tertiary alicyclic amines) is 1. The van der Waals surface area contributed by atoms with Crippen molar-refractivity contribution in [2.75, 3.05) is 11.6 Å². The number of anilines is 1. The van der Waals surface area contributed by atoms with Gasteiger partial charge in [0, 0.05) is 23.3 Å². The first kappa shape index (κ1) is 17.0. The number of hydrogen-bond acceptors (Lipinski definition) is 5. The second-order valence-electron chi connectivity index (χ2n) is 7.18. The molecule has 0 radical (unpaired) electrons. The van der Waals surface area contributed by atoms with Crippen LogP contribution in [0.4, 0.5) is 5.69 Å². The lowest BCUT2D eigenvalue weighted by Crippen LogP contribution is -2.67. The van der Waals surface area contributed by atoms with Gasteiger partial charge in [0.05, 0.1) is 11.3 Å². The van der Waals surface area contributed by atoms with E-state index in [1.54, 1.807) is 0 Å².